The Morgan fingerprint density at radius 2 is 1.76 bits per heavy atom. The average molecular weight is 236 g/mol. The molecule has 0 aromatic carbocycles. The lowest BCUT2D eigenvalue weighted by Crippen LogP contribution is -2.27. The molecule has 0 bridgehead atoms. The highest BCUT2D eigenvalue weighted by molar-refractivity contribution is 5.58. The maximum absolute atomic E-state index is 4.47. The van der Waals surface area contributed by atoms with Gasteiger partial charge in [0.1, 0.15) is 18.0 Å². The normalized spacial score (nSPS) is 10.4. The topological polar surface area (TPSA) is 41.1 Å². The van der Waals surface area contributed by atoms with Gasteiger partial charge in [0.05, 0.1) is 0 Å². The number of nitrogens with zero attached hydrogens (tertiary/aromatic N) is 3. The van der Waals surface area contributed by atoms with E-state index in [1.165, 1.54) is 5.56 Å². The number of anilines is 2. The molecule has 0 aliphatic heterocycles. The van der Waals surface area contributed by atoms with Crippen LogP contribution >= 0.6 is 0 Å². The van der Waals surface area contributed by atoms with Gasteiger partial charge in [-0.05, 0) is 19.3 Å². The van der Waals surface area contributed by atoms with Crippen molar-refractivity contribution in [2.75, 3.05) is 30.4 Å². The Morgan fingerprint density at radius 1 is 1.12 bits per heavy atom. The molecule has 0 saturated heterocycles. The Hall–Kier alpha value is -1.32. The van der Waals surface area contributed by atoms with Crippen molar-refractivity contribution in [2.24, 2.45) is 0 Å². The molecule has 0 spiro atoms. The summed E-state index contributed by atoms with van der Waals surface area (Å²) in [4.78, 5) is 11.1. The molecular weight excluding hydrogens is 212 g/mol. The summed E-state index contributed by atoms with van der Waals surface area (Å²) in [5.74, 6) is 2.05. The van der Waals surface area contributed by atoms with Crippen molar-refractivity contribution in [3.63, 3.8) is 0 Å². The molecule has 1 N–H and O–H groups in total. The zero-order valence-electron chi connectivity index (χ0n) is 11.5. The Labute approximate surface area is 104 Å². The molecule has 4 nitrogen and oxygen atoms in total. The zero-order valence-corrected chi connectivity index (χ0v) is 11.5. The van der Waals surface area contributed by atoms with Gasteiger partial charge in [0.2, 0.25) is 0 Å². The first-order chi connectivity index (χ1) is 8.28. The van der Waals surface area contributed by atoms with Gasteiger partial charge >= 0.3 is 0 Å². The third kappa shape index (κ3) is 3.32. The van der Waals surface area contributed by atoms with E-state index in [0.717, 1.165) is 44.0 Å². The van der Waals surface area contributed by atoms with E-state index < -0.39 is 0 Å². The van der Waals surface area contributed by atoms with E-state index >= 15 is 0 Å². The van der Waals surface area contributed by atoms with E-state index in [1.54, 1.807) is 6.33 Å². The van der Waals surface area contributed by atoms with E-state index in [4.69, 9.17) is 0 Å². The summed E-state index contributed by atoms with van der Waals surface area (Å²) in [6, 6.07) is 0. The lowest BCUT2D eigenvalue weighted by molar-refractivity contribution is 0.727. The van der Waals surface area contributed by atoms with Gasteiger partial charge in [0, 0.05) is 25.7 Å². The van der Waals surface area contributed by atoms with Crippen LogP contribution in [-0.2, 0) is 6.42 Å². The van der Waals surface area contributed by atoms with Gasteiger partial charge in [-0.2, -0.15) is 0 Å². The highest BCUT2D eigenvalue weighted by atomic mass is 15.2. The van der Waals surface area contributed by atoms with E-state index in [-0.39, 0.29) is 0 Å². The Bertz CT molecular complexity index is 332. The molecule has 0 aliphatic carbocycles. The predicted octanol–water partition coefficient (Wildman–Crippen LogP) is 2.71. The molecule has 0 fully saturated rings. The first kappa shape index (κ1) is 13.7. The second-order valence-electron chi connectivity index (χ2n) is 4.12. The molecular formula is C13H24N4. The number of rotatable bonds is 7. The minimum Gasteiger partial charge on any atom is -0.373 e. The maximum atomic E-state index is 4.47. The summed E-state index contributed by atoms with van der Waals surface area (Å²) < 4.78 is 0. The van der Waals surface area contributed by atoms with E-state index in [2.05, 4.69) is 41.0 Å². The smallest absolute Gasteiger partial charge is 0.137 e. The summed E-state index contributed by atoms with van der Waals surface area (Å²) in [6.45, 7) is 8.67. The second-order valence-corrected chi connectivity index (χ2v) is 4.12. The van der Waals surface area contributed by atoms with Crippen LogP contribution in [0, 0.1) is 0 Å². The molecule has 17 heavy (non-hydrogen) atoms. The Morgan fingerprint density at radius 3 is 2.24 bits per heavy atom. The molecule has 96 valence electrons. The monoisotopic (exact) mass is 236 g/mol. The summed E-state index contributed by atoms with van der Waals surface area (Å²) in [6.07, 6.45) is 4.89. The van der Waals surface area contributed by atoms with Crippen LogP contribution in [0.5, 0.6) is 0 Å². The van der Waals surface area contributed by atoms with Crippen LogP contribution in [0.4, 0.5) is 11.6 Å². The van der Waals surface area contributed by atoms with Gasteiger partial charge in [-0.25, -0.2) is 9.97 Å². The van der Waals surface area contributed by atoms with E-state index in [9.17, 15) is 0 Å². The molecule has 1 heterocycles. The van der Waals surface area contributed by atoms with Crippen LogP contribution in [-0.4, -0.2) is 30.1 Å². The van der Waals surface area contributed by atoms with Crippen LogP contribution in [0.15, 0.2) is 6.33 Å². The number of nitrogens with one attached hydrogen (secondary N) is 1. The number of hydrogen-bond acceptors (Lipinski definition) is 4. The summed E-state index contributed by atoms with van der Waals surface area (Å²) in [5.41, 5.74) is 1.22. The van der Waals surface area contributed by atoms with Crippen molar-refractivity contribution < 1.29 is 0 Å². The Kier molecular flexibility index (Phi) is 5.73. The van der Waals surface area contributed by atoms with Crippen molar-refractivity contribution >= 4 is 11.6 Å². The zero-order chi connectivity index (χ0) is 12.7. The van der Waals surface area contributed by atoms with Gasteiger partial charge in [-0.15, -0.1) is 0 Å². The lowest BCUT2D eigenvalue weighted by atomic mass is 10.2. The molecule has 0 unspecified atom stereocenters. The molecule has 0 amide bonds. The van der Waals surface area contributed by atoms with Gasteiger partial charge in [0.25, 0.3) is 0 Å². The maximum Gasteiger partial charge on any atom is 0.137 e. The molecule has 0 aliphatic rings. The summed E-state index contributed by atoms with van der Waals surface area (Å²) >= 11 is 0. The number of hydrogen-bond donors (Lipinski definition) is 1. The van der Waals surface area contributed by atoms with Crippen LogP contribution in [0.3, 0.4) is 0 Å². The fraction of sp³-hybridized carbons (Fsp3) is 0.692. The van der Waals surface area contributed by atoms with Crippen molar-refractivity contribution in [1.82, 2.24) is 9.97 Å². The third-order valence-corrected chi connectivity index (χ3v) is 2.80. The minimum absolute atomic E-state index is 0.953. The molecule has 4 heteroatoms. The molecule has 0 saturated carbocycles. The first-order valence-electron chi connectivity index (χ1n) is 6.54. The van der Waals surface area contributed by atoms with Crippen LogP contribution in [0.25, 0.3) is 0 Å². The third-order valence-electron chi connectivity index (χ3n) is 2.80. The van der Waals surface area contributed by atoms with Crippen molar-refractivity contribution in [3.8, 4) is 0 Å². The fourth-order valence-electron chi connectivity index (χ4n) is 2.08. The minimum atomic E-state index is 0.953. The fourth-order valence-corrected chi connectivity index (χ4v) is 2.08. The summed E-state index contributed by atoms with van der Waals surface area (Å²) in [5, 5.41) is 3.15. The average Bonchev–Trinajstić information content (AvgIpc) is 2.37. The molecule has 1 aromatic rings. The molecule has 0 atom stereocenters. The second kappa shape index (κ2) is 7.09. The number of aromatic nitrogens is 2. The van der Waals surface area contributed by atoms with Crippen LogP contribution < -0.4 is 10.2 Å². The lowest BCUT2D eigenvalue weighted by Gasteiger charge is -2.25. The van der Waals surface area contributed by atoms with Gasteiger partial charge in [0.15, 0.2) is 0 Å². The van der Waals surface area contributed by atoms with Crippen molar-refractivity contribution in [3.05, 3.63) is 11.9 Å². The molecule has 0 radical (unpaired) electrons. The summed E-state index contributed by atoms with van der Waals surface area (Å²) in [7, 11) is 1.91. The highest BCUT2D eigenvalue weighted by Crippen LogP contribution is 2.23. The van der Waals surface area contributed by atoms with Gasteiger partial charge in [-0.3, -0.25) is 0 Å². The van der Waals surface area contributed by atoms with E-state index in [0.29, 0.717) is 0 Å². The van der Waals surface area contributed by atoms with E-state index in [1.807, 2.05) is 7.05 Å². The van der Waals surface area contributed by atoms with Gasteiger partial charge in [-0.1, -0.05) is 20.8 Å². The molecule has 1 aromatic heterocycles. The quantitative estimate of drug-likeness (QED) is 0.790. The first-order valence-corrected chi connectivity index (χ1v) is 6.54. The van der Waals surface area contributed by atoms with Crippen molar-refractivity contribution in [2.45, 2.75) is 40.0 Å². The highest BCUT2D eigenvalue weighted by Gasteiger charge is 2.14. The van der Waals surface area contributed by atoms with Crippen LogP contribution in [0.2, 0.25) is 0 Å². The molecule has 1 rings (SSSR count). The largest absolute Gasteiger partial charge is 0.373 e. The van der Waals surface area contributed by atoms with Crippen molar-refractivity contribution in [1.29, 1.82) is 0 Å². The SMILES string of the molecule is CCCN(CCC)c1ncnc(NC)c1CC. The standard InChI is InChI=1S/C13H24N4/c1-5-8-17(9-6-2)13-11(7-3)12(14-4)15-10-16-13/h10H,5-9H2,1-4H3,(H,14,15,16). The predicted molar refractivity (Wildman–Crippen MR) is 73.8 cm³/mol. The van der Waals surface area contributed by atoms with Crippen LogP contribution in [0.1, 0.15) is 39.2 Å². The van der Waals surface area contributed by atoms with Gasteiger partial charge < -0.3 is 10.2 Å². The Balaban J connectivity index is 3.07.